The molecule has 0 unspecified atom stereocenters. The second-order valence-corrected chi connectivity index (χ2v) is 11.4. The normalized spacial score (nSPS) is 12.9. The lowest BCUT2D eigenvalue weighted by molar-refractivity contribution is 0.275. The van der Waals surface area contributed by atoms with E-state index in [-0.39, 0.29) is 10.9 Å². The minimum Gasteiger partial charge on any atom is -0.413 e. The van der Waals surface area contributed by atoms with Gasteiger partial charge in [0.05, 0.1) is 6.61 Å². The summed E-state index contributed by atoms with van der Waals surface area (Å²) in [4.78, 5) is 0. The second-order valence-electron chi connectivity index (χ2n) is 5.78. The van der Waals surface area contributed by atoms with Crippen LogP contribution in [-0.4, -0.2) is 8.32 Å². The van der Waals surface area contributed by atoms with E-state index < -0.39 is 8.32 Å². The van der Waals surface area contributed by atoms with Crippen LogP contribution in [0.5, 0.6) is 0 Å². The largest absolute Gasteiger partial charge is 0.413 e. The summed E-state index contributed by atoms with van der Waals surface area (Å²) in [7, 11) is -1.77. The van der Waals surface area contributed by atoms with Gasteiger partial charge in [0, 0.05) is 4.47 Å². The molecule has 0 aliphatic rings. The van der Waals surface area contributed by atoms with Gasteiger partial charge in [-0.25, -0.2) is 4.39 Å². The molecule has 0 atom stereocenters. The Bertz CT molecular complexity index is 399. The van der Waals surface area contributed by atoms with Crippen LogP contribution in [0.25, 0.3) is 0 Å². The zero-order valence-corrected chi connectivity index (χ0v) is 13.7. The lowest BCUT2D eigenvalue weighted by Crippen LogP contribution is -2.40. The van der Waals surface area contributed by atoms with Crippen molar-refractivity contribution in [2.75, 3.05) is 0 Å². The van der Waals surface area contributed by atoms with Gasteiger partial charge in [0.15, 0.2) is 8.32 Å². The Morgan fingerprint density at radius 3 is 2.41 bits per heavy atom. The average molecular weight is 319 g/mol. The van der Waals surface area contributed by atoms with Gasteiger partial charge in [-0.3, -0.25) is 0 Å². The molecule has 0 aliphatic carbocycles. The molecule has 1 aromatic rings. The van der Waals surface area contributed by atoms with Crippen LogP contribution in [-0.2, 0) is 11.0 Å². The first-order valence-corrected chi connectivity index (χ1v) is 9.41. The highest BCUT2D eigenvalue weighted by atomic mass is 79.9. The first-order chi connectivity index (χ1) is 7.63. The lowest BCUT2D eigenvalue weighted by atomic mass is 10.2. The van der Waals surface area contributed by atoms with Gasteiger partial charge in [0.1, 0.15) is 5.82 Å². The zero-order chi connectivity index (χ0) is 13.3. The van der Waals surface area contributed by atoms with Crippen molar-refractivity contribution < 1.29 is 8.82 Å². The Kier molecular flexibility index (Phi) is 4.55. The van der Waals surface area contributed by atoms with Gasteiger partial charge in [-0.1, -0.05) is 36.7 Å². The summed E-state index contributed by atoms with van der Waals surface area (Å²) in [6.45, 7) is 11.4. The van der Waals surface area contributed by atoms with E-state index in [2.05, 4.69) is 49.8 Å². The van der Waals surface area contributed by atoms with Crippen LogP contribution < -0.4 is 0 Å². The summed E-state index contributed by atoms with van der Waals surface area (Å²) in [5, 5.41) is 0.173. The summed E-state index contributed by atoms with van der Waals surface area (Å²) < 4.78 is 20.1. The second kappa shape index (κ2) is 5.20. The van der Waals surface area contributed by atoms with Gasteiger partial charge in [-0.15, -0.1) is 0 Å². The predicted molar refractivity (Wildman–Crippen MR) is 76.1 cm³/mol. The monoisotopic (exact) mass is 318 g/mol. The zero-order valence-electron chi connectivity index (χ0n) is 11.1. The Balaban J connectivity index is 2.77. The minimum absolute atomic E-state index is 0.173. The number of benzene rings is 1. The molecule has 1 rings (SSSR count). The minimum atomic E-state index is -1.77. The van der Waals surface area contributed by atoms with E-state index in [4.69, 9.17) is 4.43 Å². The maximum atomic E-state index is 13.1. The molecule has 0 radical (unpaired) electrons. The highest BCUT2D eigenvalue weighted by Crippen LogP contribution is 2.37. The van der Waals surface area contributed by atoms with E-state index in [1.54, 1.807) is 6.07 Å². The maximum absolute atomic E-state index is 13.1. The molecule has 0 amide bonds. The van der Waals surface area contributed by atoms with Crippen molar-refractivity contribution in [1.82, 2.24) is 0 Å². The van der Waals surface area contributed by atoms with Gasteiger partial charge in [-0.2, -0.15) is 0 Å². The third-order valence-corrected chi connectivity index (χ3v) is 8.65. The third kappa shape index (κ3) is 3.90. The fraction of sp³-hybridized carbons (Fsp3) is 0.538. The molecule has 0 saturated carbocycles. The average Bonchev–Trinajstić information content (AvgIpc) is 2.18. The van der Waals surface area contributed by atoms with E-state index in [1.807, 2.05) is 0 Å². The maximum Gasteiger partial charge on any atom is 0.192 e. The Morgan fingerprint density at radius 1 is 1.29 bits per heavy atom. The molecule has 0 aliphatic heterocycles. The van der Waals surface area contributed by atoms with E-state index in [1.165, 1.54) is 12.1 Å². The van der Waals surface area contributed by atoms with E-state index in [0.717, 1.165) is 10.0 Å². The summed E-state index contributed by atoms with van der Waals surface area (Å²) in [6.07, 6.45) is 0. The molecule has 17 heavy (non-hydrogen) atoms. The Morgan fingerprint density at radius 2 is 1.88 bits per heavy atom. The third-order valence-electron chi connectivity index (χ3n) is 3.40. The summed E-state index contributed by atoms with van der Waals surface area (Å²) >= 11 is 3.42. The molecule has 0 aromatic heterocycles. The summed E-state index contributed by atoms with van der Waals surface area (Å²) in [5.41, 5.74) is 0.870. The van der Waals surface area contributed by atoms with Crippen molar-refractivity contribution >= 4 is 24.2 Å². The fourth-order valence-corrected chi connectivity index (χ4v) is 2.44. The van der Waals surface area contributed by atoms with Crippen LogP contribution in [0.1, 0.15) is 26.3 Å². The molecule has 1 nitrogen and oxygen atoms in total. The van der Waals surface area contributed by atoms with E-state index in [9.17, 15) is 4.39 Å². The lowest BCUT2D eigenvalue weighted by Gasteiger charge is -2.36. The van der Waals surface area contributed by atoms with Crippen molar-refractivity contribution in [2.24, 2.45) is 0 Å². The summed E-state index contributed by atoms with van der Waals surface area (Å²) in [5.74, 6) is -0.220. The fourth-order valence-electron chi connectivity index (χ4n) is 1.13. The van der Waals surface area contributed by atoms with Crippen LogP contribution in [0.4, 0.5) is 4.39 Å². The molecular formula is C13H20BrFOSi. The van der Waals surface area contributed by atoms with E-state index in [0.29, 0.717) is 6.61 Å². The number of halogens is 2. The first-order valence-electron chi connectivity index (χ1n) is 5.71. The van der Waals surface area contributed by atoms with Crippen molar-refractivity contribution in [3.05, 3.63) is 34.1 Å². The van der Waals surface area contributed by atoms with Crippen molar-refractivity contribution in [3.63, 3.8) is 0 Å². The van der Waals surface area contributed by atoms with Gasteiger partial charge >= 0.3 is 0 Å². The predicted octanol–water partition coefficient (Wildman–Crippen LogP) is 5.11. The van der Waals surface area contributed by atoms with Crippen molar-refractivity contribution in [2.45, 2.75) is 45.5 Å². The standard InChI is InChI=1S/C13H20BrFOSi/c1-13(2,3)17(4,5)16-9-10-8-11(15)6-7-12(10)14/h6-8H,9H2,1-5H3. The van der Waals surface area contributed by atoms with Crippen LogP contribution in [0.3, 0.4) is 0 Å². The van der Waals surface area contributed by atoms with Crippen molar-refractivity contribution in [3.8, 4) is 0 Å². The molecule has 96 valence electrons. The Hall–Kier alpha value is -0.193. The van der Waals surface area contributed by atoms with Gasteiger partial charge in [-0.05, 0) is 41.9 Å². The van der Waals surface area contributed by atoms with Gasteiger partial charge < -0.3 is 4.43 Å². The molecule has 0 spiro atoms. The smallest absolute Gasteiger partial charge is 0.192 e. The van der Waals surface area contributed by atoms with E-state index >= 15 is 0 Å². The van der Waals surface area contributed by atoms with Crippen LogP contribution in [0.2, 0.25) is 18.1 Å². The van der Waals surface area contributed by atoms with Gasteiger partial charge in [0.2, 0.25) is 0 Å². The number of hydrogen-bond acceptors (Lipinski definition) is 1. The topological polar surface area (TPSA) is 9.23 Å². The molecule has 1 aromatic carbocycles. The first kappa shape index (κ1) is 14.9. The van der Waals surface area contributed by atoms with Gasteiger partial charge in [0.25, 0.3) is 0 Å². The highest BCUT2D eigenvalue weighted by molar-refractivity contribution is 9.10. The van der Waals surface area contributed by atoms with Crippen LogP contribution >= 0.6 is 15.9 Å². The Labute approximate surface area is 113 Å². The molecule has 0 fully saturated rings. The van der Waals surface area contributed by atoms with Crippen LogP contribution in [0.15, 0.2) is 22.7 Å². The van der Waals surface area contributed by atoms with Crippen molar-refractivity contribution in [1.29, 1.82) is 0 Å². The molecule has 0 heterocycles. The molecular weight excluding hydrogens is 299 g/mol. The SMILES string of the molecule is CC(C)(C)[Si](C)(C)OCc1cc(F)ccc1Br. The molecule has 4 heteroatoms. The number of rotatable bonds is 3. The molecule has 0 bridgehead atoms. The number of hydrogen-bond donors (Lipinski definition) is 0. The molecule has 0 N–H and O–H groups in total. The molecule has 0 saturated heterocycles. The quantitative estimate of drug-likeness (QED) is 0.704. The summed E-state index contributed by atoms with van der Waals surface area (Å²) in [6, 6.07) is 4.69. The highest BCUT2D eigenvalue weighted by Gasteiger charge is 2.37. The van der Waals surface area contributed by atoms with Crippen LogP contribution in [0, 0.1) is 5.82 Å².